The zero-order chi connectivity index (χ0) is 15.1. The van der Waals surface area contributed by atoms with Gasteiger partial charge in [0.1, 0.15) is 10.6 Å². The van der Waals surface area contributed by atoms with Crippen molar-refractivity contribution in [1.82, 2.24) is 10.3 Å². The molecule has 2 rings (SSSR count). The third kappa shape index (κ3) is 4.27. The lowest BCUT2D eigenvalue weighted by molar-refractivity contribution is -0.0561. The van der Waals surface area contributed by atoms with Gasteiger partial charge in [0.05, 0.1) is 5.69 Å². The predicted molar refractivity (Wildman–Crippen MR) is 89.8 cm³/mol. The largest absolute Gasteiger partial charge is 0.368 e. The lowest BCUT2D eigenvalue weighted by Gasteiger charge is -2.30. The van der Waals surface area contributed by atoms with Crippen LogP contribution in [0.15, 0.2) is 5.38 Å². The van der Waals surface area contributed by atoms with E-state index in [1.54, 1.807) is 11.3 Å². The minimum absolute atomic E-state index is 0.112. The number of hydrogen-bond acceptors (Lipinski definition) is 4. The van der Waals surface area contributed by atoms with Gasteiger partial charge >= 0.3 is 0 Å². The van der Waals surface area contributed by atoms with Gasteiger partial charge in [-0.25, -0.2) is 4.98 Å². The molecule has 1 unspecified atom stereocenters. The summed E-state index contributed by atoms with van der Waals surface area (Å²) in [5.74, 6) is 0. The zero-order valence-electron chi connectivity index (χ0n) is 13.8. The number of ether oxygens (including phenoxy) is 1. The summed E-state index contributed by atoms with van der Waals surface area (Å²) in [4.78, 5) is 4.95. The van der Waals surface area contributed by atoms with Crippen LogP contribution in [0.25, 0.3) is 0 Å². The van der Waals surface area contributed by atoms with E-state index in [4.69, 9.17) is 9.72 Å². The SMILES string of the molecule is CCCNC(C)c1csc(C2(OCC)CCCCCC2)n1. The molecule has 1 N–H and O–H groups in total. The maximum atomic E-state index is 6.24. The van der Waals surface area contributed by atoms with Crippen LogP contribution in [0.5, 0.6) is 0 Å². The minimum Gasteiger partial charge on any atom is -0.368 e. The minimum atomic E-state index is -0.112. The molecule has 21 heavy (non-hydrogen) atoms. The fourth-order valence-corrected chi connectivity index (χ4v) is 4.28. The number of aromatic nitrogens is 1. The summed E-state index contributed by atoms with van der Waals surface area (Å²) in [7, 11) is 0. The highest BCUT2D eigenvalue weighted by Gasteiger charge is 2.36. The number of nitrogens with zero attached hydrogens (tertiary/aromatic N) is 1. The average Bonchev–Trinajstić information content (AvgIpc) is 2.87. The maximum Gasteiger partial charge on any atom is 0.125 e. The molecule has 0 radical (unpaired) electrons. The molecule has 1 aromatic rings. The zero-order valence-corrected chi connectivity index (χ0v) is 14.6. The highest BCUT2D eigenvalue weighted by Crippen LogP contribution is 2.41. The third-order valence-corrected chi connectivity index (χ3v) is 5.43. The number of rotatable bonds is 7. The van der Waals surface area contributed by atoms with Gasteiger partial charge in [0.2, 0.25) is 0 Å². The second kappa shape index (κ2) is 8.25. The molecule has 0 spiro atoms. The van der Waals surface area contributed by atoms with Crippen molar-refractivity contribution in [2.24, 2.45) is 0 Å². The van der Waals surface area contributed by atoms with E-state index in [0.717, 1.165) is 32.4 Å². The molecule has 1 aliphatic carbocycles. The molecule has 4 heteroatoms. The molecular formula is C17H30N2OS. The molecule has 0 aromatic carbocycles. The first-order chi connectivity index (χ1) is 10.2. The Balaban J connectivity index is 2.15. The average molecular weight is 311 g/mol. The van der Waals surface area contributed by atoms with Crippen molar-refractivity contribution in [3.8, 4) is 0 Å². The Morgan fingerprint density at radius 2 is 2.00 bits per heavy atom. The lowest BCUT2D eigenvalue weighted by atomic mass is 9.95. The fraction of sp³-hybridized carbons (Fsp3) is 0.824. The quantitative estimate of drug-likeness (QED) is 0.735. The van der Waals surface area contributed by atoms with Gasteiger partial charge in [-0.3, -0.25) is 0 Å². The number of thiazole rings is 1. The van der Waals surface area contributed by atoms with Crippen molar-refractivity contribution < 1.29 is 4.74 Å². The van der Waals surface area contributed by atoms with Crippen LogP contribution in [0.2, 0.25) is 0 Å². The Bertz CT molecular complexity index is 411. The van der Waals surface area contributed by atoms with E-state index in [-0.39, 0.29) is 5.60 Å². The molecule has 1 aromatic heterocycles. The molecule has 1 fully saturated rings. The van der Waals surface area contributed by atoms with Crippen molar-refractivity contribution in [3.63, 3.8) is 0 Å². The van der Waals surface area contributed by atoms with Gasteiger partial charge in [-0.05, 0) is 39.7 Å². The van der Waals surface area contributed by atoms with Crippen LogP contribution in [-0.4, -0.2) is 18.1 Å². The second-order valence-electron chi connectivity index (χ2n) is 6.09. The monoisotopic (exact) mass is 310 g/mol. The second-order valence-corrected chi connectivity index (χ2v) is 6.95. The molecule has 0 saturated heterocycles. The summed E-state index contributed by atoms with van der Waals surface area (Å²) in [6, 6.07) is 0.333. The number of nitrogens with one attached hydrogen (secondary N) is 1. The summed E-state index contributed by atoms with van der Waals surface area (Å²) >= 11 is 1.79. The summed E-state index contributed by atoms with van der Waals surface area (Å²) in [6.45, 7) is 8.33. The van der Waals surface area contributed by atoms with E-state index >= 15 is 0 Å². The van der Waals surface area contributed by atoms with E-state index in [1.165, 1.54) is 36.4 Å². The van der Waals surface area contributed by atoms with Crippen LogP contribution in [0.4, 0.5) is 0 Å². The molecule has 1 aliphatic rings. The molecule has 1 atom stereocenters. The topological polar surface area (TPSA) is 34.1 Å². The van der Waals surface area contributed by atoms with Crippen LogP contribution >= 0.6 is 11.3 Å². The summed E-state index contributed by atoms with van der Waals surface area (Å²) in [5, 5.41) is 6.94. The van der Waals surface area contributed by atoms with Gasteiger partial charge in [-0.2, -0.15) is 0 Å². The first kappa shape index (κ1) is 16.9. The Labute approximate surface area is 133 Å². The van der Waals surface area contributed by atoms with Gasteiger partial charge < -0.3 is 10.1 Å². The standard InChI is InChI=1S/C17H30N2OS/c1-4-12-18-14(3)15-13-21-16(19-15)17(20-5-2)10-8-6-7-9-11-17/h13-14,18H,4-12H2,1-3H3. The van der Waals surface area contributed by atoms with Gasteiger partial charge in [0.25, 0.3) is 0 Å². The van der Waals surface area contributed by atoms with Crippen molar-refractivity contribution >= 4 is 11.3 Å². The third-order valence-electron chi connectivity index (χ3n) is 4.39. The fourth-order valence-electron chi connectivity index (χ4n) is 3.16. The highest BCUT2D eigenvalue weighted by molar-refractivity contribution is 7.09. The Morgan fingerprint density at radius 1 is 1.29 bits per heavy atom. The normalized spacial score (nSPS) is 20.1. The van der Waals surface area contributed by atoms with E-state index in [1.807, 2.05) is 0 Å². The smallest absolute Gasteiger partial charge is 0.125 e. The highest BCUT2D eigenvalue weighted by atomic mass is 32.1. The Morgan fingerprint density at radius 3 is 2.62 bits per heavy atom. The first-order valence-electron chi connectivity index (χ1n) is 8.55. The van der Waals surface area contributed by atoms with Gasteiger partial charge in [-0.1, -0.05) is 32.6 Å². The van der Waals surface area contributed by atoms with Gasteiger partial charge in [0, 0.05) is 18.0 Å². The Kier molecular flexibility index (Phi) is 6.65. The van der Waals surface area contributed by atoms with E-state index in [0.29, 0.717) is 6.04 Å². The van der Waals surface area contributed by atoms with Crippen LogP contribution in [-0.2, 0) is 10.3 Å². The van der Waals surface area contributed by atoms with E-state index in [2.05, 4.69) is 31.5 Å². The molecular weight excluding hydrogens is 280 g/mol. The van der Waals surface area contributed by atoms with Crippen molar-refractivity contribution in [2.75, 3.05) is 13.2 Å². The van der Waals surface area contributed by atoms with Crippen LogP contribution < -0.4 is 5.32 Å². The van der Waals surface area contributed by atoms with Crippen molar-refractivity contribution in [2.45, 2.75) is 77.4 Å². The van der Waals surface area contributed by atoms with Gasteiger partial charge in [0.15, 0.2) is 0 Å². The number of hydrogen-bond donors (Lipinski definition) is 1. The van der Waals surface area contributed by atoms with Gasteiger partial charge in [-0.15, -0.1) is 11.3 Å². The molecule has 1 saturated carbocycles. The predicted octanol–water partition coefficient (Wildman–Crippen LogP) is 4.79. The van der Waals surface area contributed by atoms with E-state index in [9.17, 15) is 0 Å². The summed E-state index contributed by atoms with van der Waals surface area (Å²) in [5.41, 5.74) is 1.06. The first-order valence-corrected chi connectivity index (χ1v) is 9.43. The van der Waals surface area contributed by atoms with Crippen molar-refractivity contribution in [3.05, 3.63) is 16.1 Å². The van der Waals surface area contributed by atoms with Crippen LogP contribution in [0.3, 0.4) is 0 Å². The van der Waals surface area contributed by atoms with Crippen molar-refractivity contribution in [1.29, 1.82) is 0 Å². The maximum absolute atomic E-state index is 6.24. The summed E-state index contributed by atoms with van der Waals surface area (Å²) < 4.78 is 6.24. The Hall–Kier alpha value is -0.450. The molecule has 120 valence electrons. The molecule has 0 amide bonds. The molecule has 3 nitrogen and oxygen atoms in total. The van der Waals surface area contributed by atoms with Crippen LogP contribution in [0.1, 0.15) is 82.5 Å². The lowest BCUT2D eigenvalue weighted by Crippen LogP contribution is -2.29. The van der Waals surface area contributed by atoms with E-state index < -0.39 is 0 Å². The molecule has 1 heterocycles. The van der Waals surface area contributed by atoms with Crippen LogP contribution in [0, 0.1) is 0 Å². The summed E-state index contributed by atoms with van der Waals surface area (Å²) in [6.07, 6.45) is 8.61. The molecule has 0 bridgehead atoms. The molecule has 0 aliphatic heterocycles.